The number of nitrogens with one attached hydrogen (secondary N) is 1. The van der Waals surface area contributed by atoms with E-state index < -0.39 is 0 Å². The summed E-state index contributed by atoms with van der Waals surface area (Å²) in [5.41, 5.74) is 3.51. The Hall–Kier alpha value is -1.35. The summed E-state index contributed by atoms with van der Waals surface area (Å²) in [6.07, 6.45) is 3.28. The molecule has 1 N–H and O–H groups in total. The molecule has 0 saturated carbocycles. The third kappa shape index (κ3) is 2.98. The summed E-state index contributed by atoms with van der Waals surface area (Å²) in [5.74, 6) is 1.76. The van der Waals surface area contributed by atoms with Crippen molar-refractivity contribution in [3.8, 4) is 0 Å². The van der Waals surface area contributed by atoms with Crippen LogP contribution in [0.5, 0.6) is 0 Å². The van der Waals surface area contributed by atoms with Crippen molar-refractivity contribution < 1.29 is 4.79 Å². The van der Waals surface area contributed by atoms with Gasteiger partial charge in [-0.15, -0.1) is 0 Å². The van der Waals surface area contributed by atoms with E-state index in [0.717, 1.165) is 62.8 Å². The minimum atomic E-state index is 0.246. The van der Waals surface area contributed by atoms with E-state index in [0.29, 0.717) is 0 Å². The molecule has 3 rings (SSSR count). The summed E-state index contributed by atoms with van der Waals surface area (Å²) in [6, 6.07) is 6.18. The molecule has 0 spiro atoms. The first kappa shape index (κ1) is 14.6. The van der Waals surface area contributed by atoms with Gasteiger partial charge >= 0.3 is 0 Å². The van der Waals surface area contributed by atoms with Gasteiger partial charge in [-0.25, -0.2) is 0 Å². The van der Waals surface area contributed by atoms with Crippen LogP contribution in [-0.4, -0.2) is 30.4 Å². The van der Waals surface area contributed by atoms with Crippen LogP contribution in [0.4, 0.5) is 0 Å². The first-order valence-corrected chi connectivity index (χ1v) is 8.27. The Balaban J connectivity index is 1.75. The van der Waals surface area contributed by atoms with Gasteiger partial charge in [0.2, 0.25) is 0 Å². The summed E-state index contributed by atoms with van der Waals surface area (Å²) in [5, 5.41) is 3.38. The van der Waals surface area contributed by atoms with Gasteiger partial charge in [-0.3, -0.25) is 4.79 Å². The number of nitrogens with zero attached hydrogens (tertiary/aromatic N) is 1. The molecular weight excluding hydrogens is 260 g/mol. The lowest BCUT2D eigenvalue weighted by Crippen LogP contribution is -2.40. The van der Waals surface area contributed by atoms with Crippen LogP contribution in [0.3, 0.4) is 0 Å². The van der Waals surface area contributed by atoms with Gasteiger partial charge in [-0.1, -0.05) is 26.0 Å². The number of piperidine rings is 1. The summed E-state index contributed by atoms with van der Waals surface area (Å²) in [4.78, 5) is 14.9. The molecule has 0 unspecified atom stereocenters. The Labute approximate surface area is 127 Å². The summed E-state index contributed by atoms with van der Waals surface area (Å²) >= 11 is 0. The van der Waals surface area contributed by atoms with Crippen molar-refractivity contribution in [2.45, 2.75) is 39.7 Å². The molecule has 1 amide bonds. The molecule has 1 fully saturated rings. The zero-order chi connectivity index (χ0) is 14.8. The summed E-state index contributed by atoms with van der Waals surface area (Å²) in [6.45, 7) is 8.30. The summed E-state index contributed by atoms with van der Waals surface area (Å²) in [7, 11) is 0. The molecule has 0 bridgehead atoms. The Morgan fingerprint density at radius 3 is 2.76 bits per heavy atom. The molecule has 2 aliphatic rings. The highest BCUT2D eigenvalue weighted by atomic mass is 16.2. The number of hydrogen-bond acceptors (Lipinski definition) is 2. The molecule has 3 nitrogen and oxygen atoms in total. The number of carbonyl (C=O) groups is 1. The van der Waals surface area contributed by atoms with Crippen LogP contribution in [0.1, 0.15) is 48.2 Å². The number of likely N-dealkylation sites (tertiary alicyclic amines) is 1. The minimum absolute atomic E-state index is 0.246. The molecule has 21 heavy (non-hydrogen) atoms. The van der Waals surface area contributed by atoms with Gasteiger partial charge in [0.25, 0.3) is 5.91 Å². The molecule has 0 aromatic heterocycles. The van der Waals surface area contributed by atoms with Crippen LogP contribution < -0.4 is 5.32 Å². The first-order valence-electron chi connectivity index (χ1n) is 8.27. The highest BCUT2D eigenvalue weighted by Gasteiger charge is 2.27. The maximum Gasteiger partial charge on any atom is 0.254 e. The quantitative estimate of drug-likeness (QED) is 0.906. The predicted molar refractivity (Wildman–Crippen MR) is 85.3 cm³/mol. The maximum absolute atomic E-state index is 12.9. The molecule has 2 heterocycles. The highest BCUT2D eigenvalue weighted by Crippen LogP contribution is 2.27. The van der Waals surface area contributed by atoms with Crippen LogP contribution in [0.2, 0.25) is 0 Å². The van der Waals surface area contributed by atoms with E-state index in [9.17, 15) is 4.79 Å². The van der Waals surface area contributed by atoms with Crippen molar-refractivity contribution in [1.29, 1.82) is 0 Å². The van der Waals surface area contributed by atoms with Gasteiger partial charge in [0.05, 0.1) is 0 Å². The summed E-state index contributed by atoms with van der Waals surface area (Å²) < 4.78 is 0. The molecule has 1 saturated heterocycles. The molecule has 0 radical (unpaired) electrons. The first-order chi connectivity index (χ1) is 10.2. The van der Waals surface area contributed by atoms with E-state index in [-0.39, 0.29) is 5.91 Å². The maximum atomic E-state index is 12.9. The number of amides is 1. The van der Waals surface area contributed by atoms with Crippen LogP contribution in [-0.2, 0) is 13.0 Å². The largest absolute Gasteiger partial charge is 0.339 e. The minimum Gasteiger partial charge on any atom is -0.339 e. The van der Waals surface area contributed by atoms with Crippen molar-refractivity contribution in [3.63, 3.8) is 0 Å². The number of rotatable bonds is 2. The zero-order valence-electron chi connectivity index (χ0n) is 13.2. The van der Waals surface area contributed by atoms with Crippen LogP contribution in [0.25, 0.3) is 0 Å². The van der Waals surface area contributed by atoms with Gasteiger partial charge in [-0.2, -0.15) is 0 Å². The molecule has 2 aliphatic heterocycles. The SMILES string of the molecule is CC(C)C1CCN(C(=O)c2cccc3c2CCNC3)CC1. The average Bonchev–Trinajstić information content (AvgIpc) is 2.53. The molecule has 1 aromatic carbocycles. The van der Waals surface area contributed by atoms with Gasteiger partial charge in [0, 0.05) is 25.2 Å². The Morgan fingerprint density at radius 2 is 2.05 bits per heavy atom. The predicted octanol–water partition coefficient (Wildman–Crippen LogP) is 2.84. The van der Waals surface area contributed by atoms with E-state index in [1.807, 2.05) is 12.1 Å². The second-order valence-electron chi connectivity index (χ2n) is 6.74. The number of benzene rings is 1. The highest BCUT2D eigenvalue weighted by molar-refractivity contribution is 5.96. The van der Waals surface area contributed by atoms with Gasteiger partial charge in [-0.05, 0) is 54.8 Å². The van der Waals surface area contributed by atoms with Crippen molar-refractivity contribution in [2.24, 2.45) is 11.8 Å². The van der Waals surface area contributed by atoms with Crippen molar-refractivity contribution in [1.82, 2.24) is 10.2 Å². The lowest BCUT2D eigenvalue weighted by Gasteiger charge is -2.34. The normalized spacial score (nSPS) is 19.7. The van der Waals surface area contributed by atoms with Crippen LogP contribution >= 0.6 is 0 Å². The van der Waals surface area contributed by atoms with Crippen LogP contribution in [0.15, 0.2) is 18.2 Å². The molecule has 114 valence electrons. The van der Waals surface area contributed by atoms with Gasteiger partial charge < -0.3 is 10.2 Å². The third-order valence-electron chi connectivity index (χ3n) is 5.14. The van der Waals surface area contributed by atoms with E-state index >= 15 is 0 Å². The fourth-order valence-corrected chi connectivity index (χ4v) is 3.67. The fourth-order valence-electron chi connectivity index (χ4n) is 3.67. The van der Waals surface area contributed by atoms with E-state index in [2.05, 4.69) is 30.1 Å². The topological polar surface area (TPSA) is 32.3 Å². The van der Waals surface area contributed by atoms with Crippen molar-refractivity contribution >= 4 is 5.91 Å². The number of carbonyl (C=O) groups excluding carboxylic acids is 1. The second kappa shape index (κ2) is 6.18. The molecule has 0 atom stereocenters. The molecule has 1 aromatic rings. The van der Waals surface area contributed by atoms with E-state index in [1.54, 1.807) is 0 Å². The Morgan fingerprint density at radius 1 is 1.29 bits per heavy atom. The van der Waals surface area contributed by atoms with Crippen LogP contribution in [0, 0.1) is 11.8 Å². The van der Waals surface area contributed by atoms with Crippen molar-refractivity contribution in [2.75, 3.05) is 19.6 Å². The lowest BCUT2D eigenvalue weighted by molar-refractivity contribution is 0.0666. The van der Waals surface area contributed by atoms with Gasteiger partial charge in [0.15, 0.2) is 0 Å². The molecule has 0 aliphatic carbocycles. The smallest absolute Gasteiger partial charge is 0.254 e. The van der Waals surface area contributed by atoms with Gasteiger partial charge in [0.1, 0.15) is 0 Å². The standard InChI is InChI=1S/C18H26N2O/c1-13(2)14-7-10-20(11-8-14)18(21)17-5-3-4-15-12-19-9-6-16(15)17/h3-5,13-14,19H,6-12H2,1-2H3. The van der Waals surface area contributed by atoms with E-state index in [1.165, 1.54) is 11.1 Å². The number of fused-ring (bicyclic) bond motifs is 1. The Kier molecular flexibility index (Phi) is 4.29. The second-order valence-corrected chi connectivity index (χ2v) is 6.74. The molecule has 3 heteroatoms. The van der Waals surface area contributed by atoms with Crippen molar-refractivity contribution in [3.05, 3.63) is 34.9 Å². The lowest BCUT2D eigenvalue weighted by atomic mass is 9.86. The fraction of sp³-hybridized carbons (Fsp3) is 0.611. The van der Waals surface area contributed by atoms with E-state index in [4.69, 9.17) is 0 Å². The number of hydrogen-bond donors (Lipinski definition) is 1. The zero-order valence-corrected chi connectivity index (χ0v) is 13.2. The average molecular weight is 286 g/mol. The Bertz CT molecular complexity index is 516. The molecular formula is C18H26N2O. The monoisotopic (exact) mass is 286 g/mol. The third-order valence-corrected chi connectivity index (χ3v) is 5.14.